The summed E-state index contributed by atoms with van der Waals surface area (Å²) in [6.07, 6.45) is 0. The molecule has 0 saturated heterocycles. The van der Waals surface area contributed by atoms with E-state index >= 15 is 0 Å². The zero-order valence-corrected chi connectivity index (χ0v) is 17.7. The van der Waals surface area contributed by atoms with E-state index in [2.05, 4.69) is 63.7 Å². The van der Waals surface area contributed by atoms with Crippen molar-refractivity contribution in [2.45, 2.75) is 0 Å². The van der Waals surface area contributed by atoms with Crippen LogP contribution in [0.15, 0.2) is 54.3 Å². The van der Waals surface area contributed by atoms with E-state index in [1.54, 1.807) is 36.4 Å². The van der Waals surface area contributed by atoms with Crippen LogP contribution in [-0.4, -0.2) is 26.3 Å². The maximum atomic E-state index is 11.8. The monoisotopic (exact) mass is 560 g/mol. The van der Waals surface area contributed by atoms with E-state index in [0.717, 1.165) is 17.9 Å². The maximum Gasteiger partial charge on any atom is 0.300 e. The lowest BCUT2D eigenvalue weighted by molar-refractivity contribution is 0.184. The van der Waals surface area contributed by atoms with E-state index < -0.39 is 11.7 Å². The van der Waals surface area contributed by atoms with Gasteiger partial charge in [0.25, 0.3) is 26.3 Å². The van der Waals surface area contributed by atoms with Crippen LogP contribution in [0.5, 0.6) is 0 Å². The molecule has 0 fully saturated rings. The second kappa shape index (κ2) is 8.65. The number of rotatable bonds is 4. The Morgan fingerprint density at radius 3 is 1.43 bits per heavy atom. The first-order valence-corrected chi connectivity index (χ1v) is 9.38. The fourth-order valence-corrected chi connectivity index (χ4v) is 2.92. The molecule has 0 saturated carbocycles. The number of carbonyl (C=O) groups excluding carboxylic acids is 2. The molecular formula is C14H6B2Br4O3. The Balaban J connectivity index is 1.92. The van der Waals surface area contributed by atoms with Gasteiger partial charge in [-0.05, 0) is 75.9 Å². The van der Waals surface area contributed by atoms with Crippen LogP contribution in [0.3, 0.4) is 0 Å². The summed E-state index contributed by atoms with van der Waals surface area (Å²) in [5.74, 6) is -1.45. The molecular weight excluding hydrogens is 557 g/mol. The lowest BCUT2D eigenvalue weighted by atomic mass is 9.69. The highest BCUT2D eigenvalue weighted by Gasteiger charge is 2.16. The number of hydrogen-bond donors (Lipinski definition) is 0. The molecule has 114 valence electrons. The Hall–Kier alpha value is -0.370. The Bertz CT molecular complexity index is 704. The van der Waals surface area contributed by atoms with Crippen LogP contribution >= 0.6 is 63.7 Å². The van der Waals surface area contributed by atoms with E-state index in [-0.39, 0.29) is 0 Å². The molecule has 3 nitrogen and oxygen atoms in total. The zero-order valence-electron chi connectivity index (χ0n) is 11.4. The number of carbonyl (C=O) groups is 2. The summed E-state index contributed by atoms with van der Waals surface area (Å²) < 4.78 is 8.10. The van der Waals surface area contributed by atoms with Crippen LogP contribution in [0.2, 0.25) is 0 Å². The predicted molar refractivity (Wildman–Crippen MR) is 106 cm³/mol. The van der Waals surface area contributed by atoms with Crippen LogP contribution < -0.4 is 10.9 Å². The van der Waals surface area contributed by atoms with Gasteiger partial charge in [0.2, 0.25) is 0 Å². The van der Waals surface area contributed by atoms with Crippen molar-refractivity contribution in [3.05, 3.63) is 54.3 Å². The molecule has 2 rings (SSSR count). The van der Waals surface area contributed by atoms with Crippen molar-refractivity contribution in [2.75, 3.05) is 0 Å². The molecule has 0 aliphatic heterocycles. The lowest BCUT2D eigenvalue weighted by Gasteiger charge is -2.04. The van der Waals surface area contributed by atoms with Gasteiger partial charge in [-0.15, -0.1) is 0 Å². The quantitative estimate of drug-likeness (QED) is 0.411. The molecule has 0 bridgehead atoms. The van der Waals surface area contributed by atoms with Gasteiger partial charge in [-0.25, -0.2) is 0 Å². The summed E-state index contributed by atoms with van der Waals surface area (Å²) in [5.41, 5.74) is 1.26. The highest BCUT2D eigenvalue weighted by Crippen LogP contribution is 2.21. The molecule has 2 aromatic rings. The Morgan fingerprint density at radius 1 is 0.696 bits per heavy atom. The van der Waals surface area contributed by atoms with Crippen molar-refractivity contribution in [2.24, 2.45) is 0 Å². The third kappa shape index (κ3) is 5.89. The summed E-state index contributed by atoms with van der Waals surface area (Å²) in [5, 5.41) is 0. The number of ether oxygens (including phenoxy) is 1. The molecule has 0 amide bonds. The fraction of sp³-hybridized carbons (Fsp3) is 0. The van der Waals surface area contributed by atoms with Gasteiger partial charge >= 0.3 is 0 Å². The first kappa shape index (κ1) is 19.0. The zero-order chi connectivity index (χ0) is 17.0. The molecule has 0 aliphatic rings. The summed E-state index contributed by atoms with van der Waals surface area (Å²) in [6.45, 7) is 0. The Kier molecular flexibility index (Phi) is 7.13. The summed E-state index contributed by atoms with van der Waals surface area (Å²) in [7, 11) is 2.50. The molecule has 0 atom stereocenters. The van der Waals surface area contributed by atoms with Crippen LogP contribution in [0.4, 0.5) is 9.59 Å². The molecule has 0 unspecified atom stereocenters. The van der Waals surface area contributed by atoms with Gasteiger partial charge in [-0.3, -0.25) is 9.59 Å². The van der Waals surface area contributed by atoms with Gasteiger partial charge < -0.3 is 4.74 Å². The largest absolute Gasteiger partial charge is 0.411 e. The summed E-state index contributed by atoms with van der Waals surface area (Å²) in [6, 6.07) is 10.5. The van der Waals surface area contributed by atoms with Crippen molar-refractivity contribution in [3.8, 4) is 0 Å². The molecule has 0 spiro atoms. The minimum atomic E-state index is -0.725. The first-order chi connectivity index (χ1) is 10.8. The standard InChI is InChI=1S/C14H6B2Br4O3/c17-9-3-1-7(5-11(9)19)15-13(21)23-14(22)16-8-2-4-10(18)12(20)6-8/h1-6H. The fourth-order valence-electron chi connectivity index (χ4n) is 1.63. The van der Waals surface area contributed by atoms with Crippen LogP contribution in [0, 0.1) is 0 Å². The van der Waals surface area contributed by atoms with Crippen LogP contribution in [0.1, 0.15) is 0 Å². The molecule has 2 radical (unpaired) electrons. The summed E-state index contributed by atoms with van der Waals surface area (Å²) >= 11 is 13.4. The van der Waals surface area contributed by atoms with E-state index in [1.807, 2.05) is 0 Å². The average molecular weight is 563 g/mol. The van der Waals surface area contributed by atoms with Crippen LogP contribution in [-0.2, 0) is 4.74 Å². The topological polar surface area (TPSA) is 43.4 Å². The molecule has 0 aromatic heterocycles. The Labute approximate surface area is 168 Å². The first-order valence-electron chi connectivity index (χ1n) is 6.20. The van der Waals surface area contributed by atoms with Gasteiger partial charge in [0.05, 0.1) is 0 Å². The number of hydrogen-bond acceptors (Lipinski definition) is 3. The van der Waals surface area contributed by atoms with Gasteiger partial charge in [-0.1, -0.05) is 35.2 Å². The number of benzene rings is 2. The second-order valence-corrected chi connectivity index (χ2v) is 7.79. The molecule has 0 N–H and O–H groups in total. The summed E-state index contributed by atoms with van der Waals surface area (Å²) in [4.78, 5) is 23.5. The van der Waals surface area contributed by atoms with Gasteiger partial charge in [0.15, 0.2) is 0 Å². The van der Waals surface area contributed by atoms with Crippen LogP contribution in [0.25, 0.3) is 0 Å². The lowest BCUT2D eigenvalue weighted by Crippen LogP contribution is -2.31. The highest BCUT2D eigenvalue weighted by molar-refractivity contribution is 9.13. The van der Waals surface area contributed by atoms with Crippen molar-refractivity contribution in [3.63, 3.8) is 0 Å². The minimum absolute atomic E-state index is 0.629. The predicted octanol–water partition coefficient (Wildman–Crippen LogP) is 4.35. The molecule has 0 aliphatic carbocycles. The van der Waals surface area contributed by atoms with Crippen molar-refractivity contribution in [1.82, 2.24) is 0 Å². The SMILES string of the molecule is O=C([B]c1ccc(Br)c(Br)c1)OC(=O)[B]c1ccc(Br)c(Br)c1. The molecule has 23 heavy (non-hydrogen) atoms. The van der Waals surface area contributed by atoms with E-state index in [9.17, 15) is 9.59 Å². The third-order valence-electron chi connectivity index (χ3n) is 2.66. The maximum absolute atomic E-state index is 11.8. The third-order valence-corrected chi connectivity index (χ3v) is 6.42. The molecule has 9 heteroatoms. The van der Waals surface area contributed by atoms with Crippen molar-refractivity contribution < 1.29 is 14.3 Å². The van der Waals surface area contributed by atoms with E-state index in [0.29, 0.717) is 10.9 Å². The molecule has 0 heterocycles. The average Bonchev–Trinajstić information content (AvgIpc) is 2.46. The normalized spacial score (nSPS) is 10.1. The van der Waals surface area contributed by atoms with Gasteiger partial charge in [0, 0.05) is 17.9 Å². The van der Waals surface area contributed by atoms with Crippen molar-refractivity contribution >= 4 is 101 Å². The second-order valence-electron chi connectivity index (χ2n) is 4.38. The van der Waals surface area contributed by atoms with Gasteiger partial charge in [0.1, 0.15) is 0 Å². The van der Waals surface area contributed by atoms with E-state index in [1.165, 1.54) is 14.6 Å². The minimum Gasteiger partial charge on any atom is -0.411 e. The Morgan fingerprint density at radius 2 is 1.09 bits per heavy atom. The smallest absolute Gasteiger partial charge is 0.300 e. The van der Waals surface area contributed by atoms with Crippen molar-refractivity contribution in [1.29, 1.82) is 0 Å². The molecule has 2 aromatic carbocycles. The van der Waals surface area contributed by atoms with Gasteiger partial charge in [-0.2, -0.15) is 0 Å². The highest BCUT2D eigenvalue weighted by atomic mass is 79.9. The van der Waals surface area contributed by atoms with E-state index in [4.69, 9.17) is 4.74 Å². The number of halogens is 4.